The van der Waals surface area contributed by atoms with Gasteiger partial charge in [0, 0.05) is 11.3 Å². The molecule has 21 heavy (non-hydrogen) atoms. The van der Waals surface area contributed by atoms with Gasteiger partial charge in [0.05, 0.1) is 6.61 Å². The number of nitrogens with zero attached hydrogens (tertiary/aromatic N) is 2. The minimum absolute atomic E-state index is 0.492. The predicted octanol–water partition coefficient (Wildman–Crippen LogP) is 4.93. The molecule has 0 radical (unpaired) electrons. The zero-order valence-electron chi connectivity index (χ0n) is 12.6. The highest BCUT2D eigenvalue weighted by Crippen LogP contribution is 2.22. The number of ether oxygens (including phenoxy) is 1. The molecule has 0 bridgehead atoms. The number of halogens is 1. The van der Waals surface area contributed by atoms with E-state index in [0.717, 1.165) is 49.3 Å². The van der Waals surface area contributed by atoms with Crippen LogP contribution >= 0.6 is 11.6 Å². The molecule has 1 aromatic heterocycles. The summed E-state index contributed by atoms with van der Waals surface area (Å²) in [6, 6.07) is 9.69. The third kappa shape index (κ3) is 4.71. The van der Waals surface area contributed by atoms with Crippen molar-refractivity contribution in [1.29, 1.82) is 0 Å². The number of aryl methyl sites for hydroxylation is 1. The normalized spacial score (nSPS) is 10.6. The van der Waals surface area contributed by atoms with Gasteiger partial charge in [-0.1, -0.05) is 38.3 Å². The summed E-state index contributed by atoms with van der Waals surface area (Å²) in [5.74, 6) is 1.55. The molecule has 0 aliphatic heterocycles. The first-order chi connectivity index (χ1) is 10.2. The molecule has 1 aromatic carbocycles. The van der Waals surface area contributed by atoms with Crippen molar-refractivity contribution in [2.45, 2.75) is 39.5 Å². The number of aromatic nitrogens is 2. The molecule has 2 rings (SSSR count). The first-order valence-electron chi connectivity index (χ1n) is 7.49. The first-order valence-corrected chi connectivity index (χ1v) is 7.87. The van der Waals surface area contributed by atoms with E-state index in [-0.39, 0.29) is 0 Å². The molecule has 0 amide bonds. The molecular weight excluding hydrogens is 284 g/mol. The van der Waals surface area contributed by atoms with E-state index in [1.165, 1.54) is 0 Å². The van der Waals surface area contributed by atoms with Gasteiger partial charge in [0.2, 0.25) is 0 Å². The minimum atomic E-state index is 0.492. The predicted molar refractivity (Wildman–Crippen MR) is 86.9 cm³/mol. The van der Waals surface area contributed by atoms with Crippen molar-refractivity contribution in [2.75, 3.05) is 6.61 Å². The molecule has 0 saturated carbocycles. The molecule has 0 aliphatic rings. The van der Waals surface area contributed by atoms with Crippen LogP contribution in [0, 0.1) is 0 Å². The maximum absolute atomic E-state index is 6.08. The summed E-state index contributed by atoms with van der Waals surface area (Å²) < 4.78 is 5.66. The minimum Gasteiger partial charge on any atom is -0.494 e. The highest BCUT2D eigenvalue weighted by Gasteiger charge is 2.06. The van der Waals surface area contributed by atoms with Crippen LogP contribution in [0.25, 0.3) is 11.4 Å². The van der Waals surface area contributed by atoms with Gasteiger partial charge in [-0.2, -0.15) is 0 Å². The fraction of sp³-hybridized carbons (Fsp3) is 0.412. The molecule has 0 atom stereocenters. The fourth-order valence-electron chi connectivity index (χ4n) is 2.01. The fourth-order valence-corrected chi connectivity index (χ4v) is 2.22. The van der Waals surface area contributed by atoms with E-state index >= 15 is 0 Å². The smallest absolute Gasteiger partial charge is 0.161 e. The van der Waals surface area contributed by atoms with Crippen LogP contribution in [-0.4, -0.2) is 16.6 Å². The molecule has 112 valence electrons. The Bertz CT molecular complexity index is 570. The first kappa shape index (κ1) is 15.8. The van der Waals surface area contributed by atoms with E-state index in [1.54, 1.807) is 0 Å². The van der Waals surface area contributed by atoms with Gasteiger partial charge in [0.25, 0.3) is 0 Å². The summed E-state index contributed by atoms with van der Waals surface area (Å²) in [7, 11) is 0. The molecule has 1 heterocycles. The maximum atomic E-state index is 6.08. The Hall–Kier alpha value is -1.61. The van der Waals surface area contributed by atoms with E-state index in [0.29, 0.717) is 11.0 Å². The summed E-state index contributed by atoms with van der Waals surface area (Å²) in [5, 5.41) is 0.492. The van der Waals surface area contributed by atoms with E-state index in [4.69, 9.17) is 16.3 Å². The molecule has 2 aromatic rings. The summed E-state index contributed by atoms with van der Waals surface area (Å²) in [6.45, 7) is 5.03. The van der Waals surface area contributed by atoms with Crippen molar-refractivity contribution < 1.29 is 4.74 Å². The SMILES string of the molecule is CCCCOc1ccc(-c2nc(Cl)cc(CCC)n2)cc1. The van der Waals surface area contributed by atoms with Crippen LogP contribution in [0.15, 0.2) is 30.3 Å². The van der Waals surface area contributed by atoms with Crippen molar-refractivity contribution in [2.24, 2.45) is 0 Å². The standard InChI is InChI=1S/C17H21ClN2O/c1-3-5-11-21-15-9-7-13(8-10-15)17-19-14(6-4-2)12-16(18)20-17/h7-10,12H,3-6,11H2,1-2H3. The van der Waals surface area contributed by atoms with Crippen LogP contribution in [0.1, 0.15) is 38.8 Å². The van der Waals surface area contributed by atoms with Crippen molar-refractivity contribution >= 4 is 11.6 Å². The Morgan fingerprint density at radius 3 is 2.48 bits per heavy atom. The summed E-state index contributed by atoms with van der Waals surface area (Å²) in [6.07, 6.45) is 4.15. The van der Waals surface area contributed by atoms with Crippen LogP contribution < -0.4 is 4.74 Å². The molecule has 0 fully saturated rings. The largest absolute Gasteiger partial charge is 0.494 e. The Morgan fingerprint density at radius 1 is 1.05 bits per heavy atom. The topological polar surface area (TPSA) is 35.0 Å². The van der Waals surface area contributed by atoms with Crippen molar-refractivity contribution in [3.63, 3.8) is 0 Å². The lowest BCUT2D eigenvalue weighted by molar-refractivity contribution is 0.309. The molecule has 3 nitrogen and oxygen atoms in total. The Morgan fingerprint density at radius 2 is 1.81 bits per heavy atom. The highest BCUT2D eigenvalue weighted by molar-refractivity contribution is 6.29. The summed E-state index contributed by atoms with van der Waals surface area (Å²) in [5.41, 5.74) is 1.94. The second-order valence-electron chi connectivity index (χ2n) is 4.98. The van der Waals surface area contributed by atoms with E-state index < -0.39 is 0 Å². The Balaban J connectivity index is 2.14. The van der Waals surface area contributed by atoms with E-state index in [1.807, 2.05) is 30.3 Å². The molecule has 0 aliphatic carbocycles. The van der Waals surface area contributed by atoms with E-state index in [9.17, 15) is 0 Å². The lowest BCUT2D eigenvalue weighted by Gasteiger charge is -2.07. The number of unbranched alkanes of at least 4 members (excludes halogenated alkanes) is 1. The Labute approximate surface area is 131 Å². The van der Waals surface area contributed by atoms with Crippen LogP contribution in [0.2, 0.25) is 5.15 Å². The third-order valence-corrected chi connectivity index (χ3v) is 3.33. The lowest BCUT2D eigenvalue weighted by Crippen LogP contribution is -1.98. The van der Waals surface area contributed by atoms with Gasteiger partial charge in [-0.05, 0) is 43.2 Å². The lowest BCUT2D eigenvalue weighted by atomic mass is 10.2. The monoisotopic (exact) mass is 304 g/mol. The molecule has 4 heteroatoms. The second-order valence-corrected chi connectivity index (χ2v) is 5.37. The van der Waals surface area contributed by atoms with Crippen molar-refractivity contribution in [3.05, 3.63) is 41.2 Å². The van der Waals surface area contributed by atoms with Gasteiger partial charge in [0.15, 0.2) is 5.82 Å². The van der Waals surface area contributed by atoms with Gasteiger partial charge in [0.1, 0.15) is 10.9 Å². The summed E-state index contributed by atoms with van der Waals surface area (Å²) >= 11 is 6.08. The molecule has 0 unspecified atom stereocenters. The van der Waals surface area contributed by atoms with Crippen molar-refractivity contribution in [1.82, 2.24) is 9.97 Å². The molecule has 0 saturated heterocycles. The van der Waals surface area contributed by atoms with Crippen molar-refractivity contribution in [3.8, 4) is 17.1 Å². The van der Waals surface area contributed by atoms with Crippen LogP contribution in [0.4, 0.5) is 0 Å². The van der Waals surface area contributed by atoms with Gasteiger partial charge >= 0.3 is 0 Å². The van der Waals surface area contributed by atoms with Gasteiger partial charge in [-0.25, -0.2) is 9.97 Å². The molecular formula is C17H21ClN2O. The van der Waals surface area contributed by atoms with Gasteiger partial charge in [-0.15, -0.1) is 0 Å². The third-order valence-electron chi connectivity index (χ3n) is 3.13. The van der Waals surface area contributed by atoms with E-state index in [2.05, 4.69) is 23.8 Å². The average molecular weight is 305 g/mol. The zero-order chi connectivity index (χ0) is 15.1. The summed E-state index contributed by atoms with van der Waals surface area (Å²) in [4.78, 5) is 8.87. The van der Waals surface area contributed by atoms with Gasteiger partial charge in [-0.3, -0.25) is 0 Å². The Kier molecular flexibility index (Phi) is 6.00. The highest BCUT2D eigenvalue weighted by atomic mass is 35.5. The van der Waals surface area contributed by atoms with Gasteiger partial charge < -0.3 is 4.74 Å². The van der Waals surface area contributed by atoms with Crippen LogP contribution in [0.3, 0.4) is 0 Å². The second kappa shape index (κ2) is 7.99. The average Bonchev–Trinajstić information content (AvgIpc) is 2.48. The number of hydrogen-bond acceptors (Lipinski definition) is 3. The number of benzene rings is 1. The molecule has 0 N–H and O–H groups in total. The van der Waals surface area contributed by atoms with Crippen LogP contribution in [-0.2, 0) is 6.42 Å². The molecule has 0 spiro atoms. The maximum Gasteiger partial charge on any atom is 0.161 e. The zero-order valence-corrected chi connectivity index (χ0v) is 13.4. The number of rotatable bonds is 7. The quantitative estimate of drug-likeness (QED) is 0.537. The number of hydrogen-bond donors (Lipinski definition) is 0. The van der Waals surface area contributed by atoms with Crippen LogP contribution in [0.5, 0.6) is 5.75 Å².